The first-order valence-electron chi connectivity index (χ1n) is 7.41. The van der Waals surface area contributed by atoms with Crippen molar-refractivity contribution in [2.75, 3.05) is 6.61 Å². The number of rotatable bonds is 5. The van der Waals surface area contributed by atoms with Crippen LogP contribution in [0.4, 0.5) is 0 Å². The number of nitrogens with zero attached hydrogens (tertiary/aromatic N) is 4. The number of nitriles is 1. The van der Waals surface area contributed by atoms with Gasteiger partial charge < -0.3 is 4.74 Å². The number of benzene rings is 2. The van der Waals surface area contributed by atoms with Crippen LogP contribution in [0, 0.1) is 11.3 Å². The van der Waals surface area contributed by atoms with Crippen molar-refractivity contribution in [2.45, 2.75) is 13.5 Å². The summed E-state index contributed by atoms with van der Waals surface area (Å²) in [6, 6.07) is 17.6. The van der Waals surface area contributed by atoms with Crippen molar-refractivity contribution in [3.63, 3.8) is 0 Å². The zero-order valence-corrected chi connectivity index (χ0v) is 12.8. The van der Waals surface area contributed by atoms with Gasteiger partial charge in [-0.05, 0) is 42.8 Å². The largest absolute Gasteiger partial charge is 0.494 e. The lowest BCUT2D eigenvalue weighted by molar-refractivity contribution is 0.340. The molecule has 0 amide bonds. The molecule has 0 unspecified atom stereocenters. The standard InChI is InChI=1S/C18H16N4O/c1-2-23-17-9-7-14(8-10-17)18-12-20-21-22(18)13-16-6-4-3-5-15(16)11-19/h3-10,12H,2,13H2,1H3. The maximum atomic E-state index is 9.21. The normalized spacial score (nSPS) is 10.3. The van der Waals surface area contributed by atoms with Gasteiger partial charge in [0.25, 0.3) is 0 Å². The van der Waals surface area contributed by atoms with E-state index in [4.69, 9.17) is 4.74 Å². The topological polar surface area (TPSA) is 63.7 Å². The fraction of sp³-hybridized carbons (Fsp3) is 0.167. The summed E-state index contributed by atoms with van der Waals surface area (Å²) in [6.07, 6.45) is 1.73. The highest BCUT2D eigenvalue weighted by Crippen LogP contribution is 2.22. The van der Waals surface area contributed by atoms with Gasteiger partial charge in [0, 0.05) is 5.56 Å². The Kier molecular flexibility index (Phi) is 4.34. The molecule has 0 aliphatic heterocycles. The van der Waals surface area contributed by atoms with Crippen LogP contribution in [0.15, 0.2) is 54.7 Å². The van der Waals surface area contributed by atoms with Gasteiger partial charge in [-0.2, -0.15) is 5.26 Å². The first-order valence-corrected chi connectivity index (χ1v) is 7.41. The van der Waals surface area contributed by atoms with Crippen LogP contribution in [0.25, 0.3) is 11.3 Å². The van der Waals surface area contributed by atoms with Crippen LogP contribution < -0.4 is 4.74 Å². The van der Waals surface area contributed by atoms with E-state index in [1.807, 2.05) is 55.5 Å². The van der Waals surface area contributed by atoms with Gasteiger partial charge in [-0.15, -0.1) is 5.10 Å². The fourth-order valence-corrected chi connectivity index (χ4v) is 2.42. The number of hydrogen-bond donors (Lipinski definition) is 0. The first kappa shape index (κ1) is 14.8. The van der Waals surface area contributed by atoms with Crippen molar-refractivity contribution in [1.82, 2.24) is 15.0 Å². The van der Waals surface area contributed by atoms with Crippen molar-refractivity contribution < 1.29 is 4.74 Å². The average molecular weight is 304 g/mol. The van der Waals surface area contributed by atoms with E-state index in [-0.39, 0.29) is 0 Å². The SMILES string of the molecule is CCOc1ccc(-c2cnnn2Cc2ccccc2C#N)cc1. The highest BCUT2D eigenvalue weighted by Gasteiger charge is 2.09. The van der Waals surface area contributed by atoms with Crippen LogP contribution in [0.2, 0.25) is 0 Å². The molecule has 3 rings (SSSR count). The van der Waals surface area contributed by atoms with E-state index in [1.165, 1.54) is 0 Å². The molecule has 0 aliphatic carbocycles. The monoisotopic (exact) mass is 304 g/mol. The Balaban J connectivity index is 1.89. The van der Waals surface area contributed by atoms with E-state index in [1.54, 1.807) is 10.9 Å². The van der Waals surface area contributed by atoms with E-state index >= 15 is 0 Å². The van der Waals surface area contributed by atoms with Crippen molar-refractivity contribution in [2.24, 2.45) is 0 Å². The summed E-state index contributed by atoms with van der Waals surface area (Å²) in [5, 5.41) is 17.4. The third-order valence-electron chi connectivity index (χ3n) is 3.54. The third-order valence-corrected chi connectivity index (χ3v) is 3.54. The molecule has 1 heterocycles. The molecule has 5 nitrogen and oxygen atoms in total. The van der Waals surface area contributed by atoms with Gasteiger partial charge in [0.15, 0.2) is 0 Å². The Bertz CT molecular complexity index is 831. The van der Waals surface area contributed by atoms with E-state index in [2.05, 4.69) is 16.4 Å². The molecule has 3 aromatic rings. The maximum absolute atomic E-state index is 9.21. The minimum absolute atomic E-state index is 0.506. The molecule has 0 saturated carbocycles. The molecule has 5 heteroatoms. The van der Waals surface area contributed by atoms with Gasteiger partial charge in [0.05, 0.1) is 36.7 Å². The minimum atomic E-state index is 0.506. The van der Waals surface area contributed by atoms with Crippen LogP contribution in [0.5, 0.6) is 5.75 Å². The summed E-state index contributed by atoms with van der Waals surface area (Å²) >= 11 is 0. The van der Waals surface area contributed by atoms with Gasteiger partial charge >= 0.3 is 0 Å². The highest BCUT2D eigenvalue weighted by molar-refractivity contribution is 5.59. The molecule has 0 N–H and O–H groups in total. The first-order chi connectivity index (χ1) is 11.3. The molecule has 0 fully saturated rings. The Morgan fingerprint density at radius 3 is 2.65 bits per heavy atom. The molecule has 114 valence electrons. The highest BCUT2D eigenvalue weighted by atomic mass is 16.5. The molecule has 0 saturated heterocycles. The molecule has 0 bridgehead atoms. The van der Waals surface area contributed by atoms with Crippen LogP contribution in [-0.4, -0.2) is 21.6 Å². The zero-order chi connectivity index (χ0) is 16.1. The Morgan fingerprint density at radius 2 is 1.91 bits per heavy atom. The number of hydrogen-bond acceptors (Lipinski definition) is 4. The molecule has 23 heavy (non-hydrogen) atoms. The molecular formula is C18H16N4O. The zero-order valence-electron chi connectivity index (χ0n) is 12.8. The maximum Gasteiger partial charge on any atom is 0.119 e. The van der Waals surface area contributed by atoms with Crippen LogP contribution in [0.3, 0.4) is 0 Å². The summed E-state index contributed by atoms with van der Waals surface area (Å²) in [5.41, 5.74) is 3.49. The van der Waals surface area contributed by atoms with Crippen LogP contribution >= 0.6 is 0 Å². The summed E-state index contributed by atoms with van der Waals surface area (Å²) in [7, 11) is 0. The van der Waals surface area contributed by atoms with Gasteiger partial charge in [-0.3, -0.25) is 0 Å². The third kappa shape index (κ3) is 3.22. The van der Waals surface area contributed by atoms with Crippen molar-refractivity contribution >= 4 is 0 Å². The van der Waals surface area contributed by atoms with Crippen LogP contribution in [-0.2, 0) is 6.54 Å². The molecule has 0 aliphatic rings. The average Bonchev–Trinajstić information content (AvgIpc) is 3.04. The van der Waals surface area contributed by atoms with E-state index < -0.39 is 0 Å². The molecule has 0 spiro atoms. The van der Waals surface area contributed by atoms with E-state index in [9.17, 15) is 5.26 Å². The predicted octanol–water partition coefficient (Wildman–Crippen LogP) is 3.26. The minimum Gasteiger partial charge on any atom is -0.494 e. The Labute approximate surface area is 134 Å². The second-order valence-electron chi connectivity index (χ2n) is 5.00. The second kappa shape index (κ2) is 6.75. The number of aromatic nitrogens is 3. The second-order valence-corrected chi connectivity index (χ2v) is 5.00. The van der Waals surface area contributed by atoms with Crippen LogP contribution in [0.1, 0.15) is 18.1 Å². The van der Waals surface area contributed by atoms with Crippen molar-refractivity contribution in [1.29, 1.82) is 5.26 Å². The molecular weight excluding hydrogens is 288 g/mol. The van der Waals surface area contributed by atoms with Gasteiger partial charge in [-0.1, -0.05) is 23.4 Å². The van der Waals surface area contributed by atoms with Crippen molar-refractivity contribution in [3.05, 3.63) is 65.9 Å². The summed E-state index contributed by atoms with van der Waals surface area (Å²) < 4.78 is 7.26. The fourth-order valence-electron chi connectivity index (χ4n) is 2.42. The molecule has 0 atom stereocenters. The molecule has 2 aromatic carbocycles. The summed E-state index contributed by atoms with van der Waals surface area (Å²) in [4.78, 5) is 0. The van der Waals surface area contributed by atoms with E-state index in [0.717, 1.165) is 22.6 Å². The summed E-state index contributed by atoms with van der Waals surface area (Å²) in [6.45, 7) is 3.11. The molecule has 1 aromatic heterocycles. The van der Waals surface area contributed by atoms with Gasteiger partial charge in [0.1, 0.15) is 5.75 Å². The van der Waals surface area contributed by atoms with Gasteiger partial charge in [0.2, 0.25) is 0 Å². The summed E-state index contributed by atoms with van der Waals surface area (Å²) in [5.74, 6) is 0.838. The Morgan fingerprint density at radius 1 is 1.13 bits per heavy atom. The quantitative estimate of drug-likeness (QED) is 0.725. The van der Waals surface area contributed by atoms with Gasteiger partial charge in [-0.25, -0.2) is 4.68 Å². The number of ether oxygens (including phenoxy) is 1. The van der Waals surface area contributed by atoms with Crippen molar-refractivity contribution in [3.8, 4) is 23.1 Å². The lowest BCUT2D eigenvalue weighted by atomic mass is 10.1. The lowest BCUT2D eigenvalue weighted by Gasteiger charge is -2.09. The molecule has 0 radical (unpaired) electrons. The smallest absolute Gasteiger partial charge is 0.119 e. The van der Waals surface area contributed by atoms with E-state index in [0.29, 0.717) is 18.7 Å². The lowest BCUT2D eigenvalue weighted by Crippen LogP contribution is -2.05. The predicted molar refractivity (Wildman–Crippen MR) is 86.9 cm³/mol. The Hall–Kier alpha value is -3.13.